The molecule has 0 bridgehead atoms. The van der Waals surface area contributed by atoms with E-state index >= 15 is 0 Å². The molecule has 0 spiro atoms. The monoisotopic (exact) mass is 398 g/mol. The van der Waals surface area contributed by atoms with Gasteiger partial charge in [0.15, 0.2) is 0 Å². The molecule has 2 heterocycles. The lowest BCUT2D eigenvalue weighted by Crippen LogP contribution is -2.49. The van der Waals surface area contributed by atoms with Crippen LogP contribution < -0.4 is 14.4 Å². The van der Waals surface area contributed by atoms with E-state index < -0.39 is 10.0 Å². The fourth-order valence-corrected chi connectivity index (χ4v) is 4.62. The van der Waals surface area contributed by atoms with Crippen LogP contribution in [0.25, 0.3) is 0 Å². The normalized spacial score (nSPS) is 15.7. The Kier molecular flexibility index (Phi) is 5.49. The number of rotatable bonds is 5. The molecule has 1 fully saturated rings. The molecule has 8 nitrogen and oxygen atoms in total. The van der Waals surface area contributed by atoms with Gasteiger partial charge in [-0.1, -0.05) is 23.7 Å². The molecule has 1 aliphatic heterocycles. The second-order valence-electron chi connectivity index (χ2n) is 5.58. The molecule has 0 atom stereocenters. The van der Waals surface area contributed by atoms with E-state index in [-0.39, 0.29) is 15.9 Å². The van der Waals surface area contributed by atoms with Crippen molar-refractivity contribution >= 4 is 27.4 Å². The summed E-state index contributed by atoms with van der Waals surface area (Å²) in [6.07, 6.45) is 0. The summed E-state index contributed by atoms with van der Waals surface area (Å²) in [4.78, 5) is 10.5. The molecule has 3 rings (SSSR count). The molecule has 1 aromatic heterocycles. The highest BCUT2D eigenvalue weighted by Crippen LogP contribution is 2.27. The zero-order valence-corrected chi connectivity index (χ0v) is 16.0. The van der Waals surface area contributed by atoms with E-state index in [2.05, 4.69) is 9.97 Å². The molecule has 26 heavy (non-hydrogen) atoms. The highest BCUT2D eigenvalue weighted by molar-refractivity contribution is 7.89. The van der Waals surface area contributed by atoms with Crippen molar-refractivity contribution in [2.24, 2.45) is 0 Å². The average Bonchev–Trinajstić information content (AvgIpc) is 2.67. The first-order valence-electron chi connectivity index (χ1n) is 7.92. The lowest BCUT2D eigenvalue weighted by molar-refractivity contribution is 0.349. The van der Waals surface area contributed by atoms with Crippen LogP contribution in [0.4, 0.5) is 5.82 Å². The number of anilines is 1. The third-order valence-corrected chi connectivity index (χ3v) is 6.48. The molecule has 0 radical (unpaired) electrons. The summed E-state index contributed by atoms with van der Waals surface area (Å²) in [7, 11) is -0.639. The van der Waals surface area contributed by atoms with Gasteiger partial charge >= 0.3 is 6.01 Å². The third-order valence-electron chi connectivity index (χ3n) is 4.08. The van der Waals surface area contributed by atoms with Gasteiger partial charge in [0.1, 0.15) is 10.7 Å². The quantitative estimate of drug-likeness (QED) is 0.757. The molecular weight excluding hydrogens is 380 g/mol. The van der Waals surface area contributed by atoms with Crippen LogP contribution in [-0.4, -0.2) is 63.1 Å². The van der Waals surface area contributed by atoms with Crippen molar-refractivity contribution in [1.29, 1.82) is 0 Å². The molecular formula is C16H19ClN4O4S. The summed E-state index contributed by atoms with van der Waals surface area (Å²) in [5.41, 5.74) is 0. The van der Waals surface area contributed by atoms with Crippen LogP contribution in [0, 0.1) is 0 Å². The van der Waals surface area contributed by atoms with Crippen LogP contribution in [0.2, 0.25) is 5.02 Å². The van der Waals surface area contributed by atoms with Crippen LogP contribution >= 0.6 is 11.6 Å². The maximum absolute atomic E-state index is 12.8. The van der Waals surface area contributed by atoms with Gasteiger partial charge in [-0.15, -0.1) is 0 Å². The van der Waals surface area contributed by atoms with Crippen molar-refractivity contribution in [3.05, 3.63) is 35.4 Å². The first-order valence-corrected chi connectivity index (χ1v) is 9.74. The molecule has 2 aromatic rings. The summed E-state index contributed by atoms with van der Waals surface area (Å²) < 4.78 is 37.3. The van der Waals surface area contributed by atoms with E-state index in [0.717, 1.165) is 0 Å². The Morgan fingerprint density at radius 2 is 1.73 bits per heavy atom. The maximum atomic E-state index is 12.8. The predicted octanol–water partition coefficient (Wildman–Crippen LogP) is 1.66. The lowest BCUT2D eigenvalue weighted by Gasteiger charge is -2.34. The number of benzene rings is 1. The van der Waals surface area contributed by atoms with Gasteiger partial charge in [-0.05, 0) is 12.1 Å². The number of methoxy groups -OCH3 is 2. The minimum absolute atomic E-state index is 0.125. The van der Waals surface area contributed by atoms with E-state index in [4.69, 9.17) is 21.1 Å². The number of hydrogen-bond donors (Lipinski definition) is 0. The van der Waals surface area contributed by atoms with Crippen molar-refractivity contribution in [2.75, 3.05) is 45.3 Å². The van der Waals surface area contributed by atoms with Gasteiger partial charge < -0.3 is 14.4 Å². The molecule has 0 N–H and O–H groups in total. The van der Waals surface area contributed by atoms with Crippen LogP contribution in [-0.2, 0) is 10.0 Å². The molecule has 0 saturated carbocycles. The van der Waals surface area contributed by atoms with Crippen LogP contribution in [0.1, 0.15) is 0 Å². The summed E-state index contributed by atoms with van der Waals surface area (Å²) in [5, 5.41) is 0.222. The zero-order chi connectivity index (χ0) is 18.7. The number of sulfonamides is 1. The summed E-state index contributed by atoms with van der Waals surface area (Å²) >= 11 is 6.06. The van der Waals surface area contributed by atoms with E-state index in [1.165, 1.54) is 24.6 Å². The van der Waals surface area contributed by atoms with E-state index in [1.807, 2.05) is 4.90 Å². The van der Waals surface area contributed by atoms with E-state index in [1.54, 1.807) is 24.3 Å². The SMILES string of the molecule is COc1cc(N2CCN(S(=O)(=O)c3ccccc3Cl)CC2)nc(OC)n1. The van der Waals surface area contributed by atoms with E-state index in [9.17, 15) is 8.42 Å². The molecule has 140 valence electrons. The Labute approximate surface area is 157 Å². The standard InChI is InChI=1S/C16H19ClN4O4S/c1-24-15-11-14(18-16(19-15)25-2)20-7-9-21(10-8-20)26(22,23)13-6-4-3-5-12(13)17/h3-6,11H,7-10H2,1-2H3. The number of nitrogens with zero attached hydrogens (tertiary/aromatic N) is 4. The Morgan fingerprint density at radius 1 is 1.04 bits per heavy atom. The van der Waals surface area contributed by atoms with Crippen molar-refractivity contribution in [3.63, 3.8) is 0 Å². The van der Waals surface area contributed by atoms with Gasteiger partial charge in [-0.25, -0.2) is 8.42 Å². The third kappa shape index (κ3) is 3.69. The number of halogens is 1. The maximum Gasteiger partial charge on any atom is 0.321 e. The molecule has 0 amide bonds. The van der Waals surface area contributed by atoms with Gasteiger partial charge in [0.2, 0.25) is 15.9 Å². The number of hydrogen-bond acceptors (Lipinski definition) is 7. The van der Waals surface area contributed by atoms with Crippen molar-refractivity contribution in [3.8, 4) is 11.9 Å². The molecule has 0 aliphatic carbocycles. The minimum Gasteiger partial charge on any atom is -0.481 e. The highest BCUT2D eigenvalue weighted by Gasteiger charge is 2.30. The largest absolute Gasteiger partial charge is 0.481 e. The molecule has 1 aromatic carbocycles. The number of piperazine rings is 1. The number of aromatic nitrogens is 2. The molecule has 10 heteroatoms. The van der Waals surface area contributed by atoms with Crippen molar-refractivity contribution in [1.82, 2.24) is 14.3 Å². The second-order valence-corrected chi connectivity index (χ2v) is 7.89. The van der Waals surface area contributed by atoms with Gasteiger partial charge in [0.25, 0.3) is 0 Å². The first-order chi connectivity index (χ1) is 12.5. The minimum atomic E-state index is -3.63. The Hall–Kier alpha value is -2.10. The van der Waals surface area contributed by atoms with Crippen molar-refractivity contribution in [2.45, 2.75) is 4.90 Å². The predicted molar refractivity (Wildman–Crippen MR) is 97.6 cm³/mol. The molecule has 0 unspecified atom stereocenters. The number of ether oxygens (including phenoxy) is 2. The molecule has 1 saturated heterocycles. The fraction of sp³-hybridized carbons (Fsp3) is 0.375. The van der Waals surface area contributed by atoms with E-state index in [0.29, 0.717) is 37.9 Å². The van der Waals surface area contributed by atoms with Gasteiger partial charge in [-0.2, -0.15) is 14.3 Å². The fourth-order valence-electron chi connectivity index (χ4n) is 2.70. The highest BCUT2D eigenvalue weighted by atomic mass is 35.5. The van der Waals surface area contributed by atoms with Crippen LogP contribution in [0.3, 0.4) is 0 Å². The topological polar surface area (TPSA) is 84.9 Å². The first kappa shape index (κ1) is 18.7. The lowest BCUT2D eigenvalue weighted by atomic mass is 10.3. The zero-order valence-electron chi connectivity index (χ0n) is 14.4. The smallest absolute Gasteiger partial charge is 0.321 e. The van der Waals surface area contributed by atoms with Gasteiger partial charge in [-0.3, -0.25) is 0 Å². The second kappa shape index (κ2) is 7.65. The van der Waals surface area contributed by atoms with Crippen LogP contribution in [0.15, 0.2) is 35.2 Å². The van der Waals surface area contributed by atoms with Gasteiger partial charge in [0, 0.05) is 32.2 Å². The Balaban J connectivity index is 1.76. The summed E-state index contributed by atoms with van der Waals surface area (Å²) in [6, 6.07) is 8.35. The average molecular weight is 399 g/mol. The van der Waals surface area contributed by atoms with Gasteiger partial charge in [0.05, 0.1) is 19.2 Å². The van der Waals surface area contributed by atoms with Crippen LogP contribution in [0.5, 0.6) is 11.9 Å². The Bertz CT molecular complexity index is 863. The van der Waals surface area contributed by atoms with Crippen molar-refractivity contribution < 1.29 is 17.9 Å². The molecule has 1 aliphatic rings. The summed E-state index contributed by atoms with van der Waals surface area (Å²) in [6.45, 7) is 1.60. The summed E-state index contributed by atoms with van der Waals surface area (Å²) in [5.74, 6) is 1.02. The Morgan fingerprint density at radius 3 is 2.35 bits per heavy atom.